The summed E-state index contributed by atoms with van der Waals surface area (Å²) in [7, 11) is 0. The summed E-state index contributed by atoms with van der Waals surface area (Å²) < 4.78 is 5.53. The molecule has 2 rings (SSSR count). The average molecular weight is 273 g/mol. The molecule has 2 aromatic rings. The lowest BCUT2D eigenvalue weighted by Gasteiger charge is -2.10. The summed E-state index contributed by atoms with van der Waals surface area (Å²) in [5.74, 6) is 0.638. The molecule has 0 radical (unpaired) electrons. The second kappa shape index (κ2) is 6.75. The molecule has 2 N–H and O–H groups in total. The van der Waals surface area contributed by atoms with Gasteiger partial charge in [0.05, 0.1) is 6.33 Å². The predicted molar refractivity (Wildman–Crippen MR) is 76.7 cm³/mol. The van der Waals surface area contributed by atoms with Gasteiger partial charge in [0.2, 0.25) is 0 Å². The summed E-state index contributed by atoms with van der Waals surface area (Å²) >= 11 is 0. The van der Waals surface area contributed by atoms with Gasteiger partial charge in [0.15, 0.2) is 6.61 Å². The molecule has 0 unspecified atom stereocenters. The first-order valence-electron chi connectivity index (χ1n) is 6.59. The third-order valence-electron chi connectivity index (χ3n) is 2.97. The molecule has 1 heterocycles. The molecule has 0 saturated carbocycles. The molecule has 0 aliphatic carbocycles. The molecule has 1 amide bonds. The zero-order chi connectivity index (χ0) is 14.4. The highest BCUT2D eigenvalue weighted by Gasteiger charge is 2.05. The van der Waals surface area contributed by atoms with Gasteiger partial charge in [-0.15, -0.1) is 0 Å². The van der Waals surface area contributed by atoms with E-state index in [-0.39, 0.29) is 12.5 Å². The van der Waals surface area contributed by atoms with E-state index in [0.717, 1.165) is 29.0 Å². The number of carbonyl (C=O) groups is 1. The zero-order valence-electron chi connectivity index (χ0n) is 11.8. The van der Waals surface area contributed by atoms with Crippen molar-refractivity contribution < 1.29 is 9.53 Å². The maximum Gasteiger partial charge on any atom is 0.257 e. The number of aromatic nitrogens is 2. The fraction of sp³-hybridized carbons (Fsp3) is 0.333. The van der Waals surface area contributed by atoms with E-state index in [4.69, 9.17) is 4.74 Å². The molecule has 106 valence electrons. The number of carbonyl (C=O) groups excluding carboxylic acids is 1. The van der Waals surface area contributed by atoms with Gasteiger partial charge in [-0.25, -0.2) is 4.98 Å². The van der Waals surface area contributed by atoms with Crippen LogP contribution < -0.4 is 10.1 Å². The molecule has 0 saturated heterocycles. The number of nitrogens with one attached hydrogen (secondary N) is 2. The molecule has 0 bridgehead atoms. The second-order valence-electron chi connectivity index (χ2n) is 4.73. The smallest absolute Gasteiger partial charge is 0.257 e. The Hall–Kier alpha value is -2.30. The third kappa shape index (κ3) is 4.12. The first-order chi connectivity index (χ1) is 9.65. The lowest BCUT2D eigenvalue weighted by atomic mass is 10.1. The van der Waals surface area contributed by atoms with Crippen LogP contribution in [0, 0.1) is 13.8 Å². The number of nitrogens with zero attached hydrogens (tertiary/aromatic N) is 1. The number of ether oxygens (including phenoxy) is 1. The molecular weight excluding hydrogens is 254 g/mol. The highest BCUT2D eigenvalue weighted by Crippen LogP contribution is 2.18. The van der Waals surface area contributed by atoms with Gasteiger partial charge in [-0.2, -0.15) is 0 Å². The number of hydrogen-bond donors (Lipinski definition) is 2. The minimum atomic E-state index is -0.120. The Bertz CT molecular complexity index is 565. The van der Waals surface area contributed by atoms with Crippen molar-refractivity contribution >= 4 is 5.91 Å². The van der Waals surface area contributed by atoms with Gasteiger partial charge >= 0.3 is 0 Å². The van der Waals surface area contributed by atoms with Crippen LogP contribution in [0.4, 0.5) is 0 Å². The number of imidazole rings is 1. The summed E-state index contributed by atoms with van der Waals surface area (Å²) in [4.78, 5) is 18.6. The minimum absolute atomic E-state index is 0.0350. The van der Waals surface area contributed by atoms with Crippen LogP contribution in [-0.4, -0.2) is 29.0 Å². The first-order valence-corrected chi connectivity index (χ1v) is 6.59. The molecule has 0 aliphatic heterocycles. The molecule has 0 aliphatic rings. The van der Waals surface area contributed by atoms with Gasteiger partial charge in [0, 0.05) is 24.9 Å². The van der Waals surface area contributed by atoms with Crippen molar-refractivity contribution in [2.75, 3.05) is 13.2 Å². The van der Waals surface area contributed by atoms with Crippen molar-refractivity contribution in [2.45, 2.75) is 20.3 Å². The summed E-state index contributed by atoms with van der Waals surface area (Å²) in [6.45, 7) is 4.56. The van der Waals surface area contributed by atoms with Gasteiger partial charge < -0.3 is 15.0 Å². The van der Waals surface area contributed by atoms with Crippen LogP contribution in [0.1, 0.15) is 16.8 Å². The van der Waals surface area contributed by atoms with Crippen LogP contribution >= 0.6 is 0 Å². The number of benzene rings is 1. The van der Waals surface area contributed by atoms with Crippen molar-refractivity contribution in [2.24, 2.45) is 0 Å². The van der Waals surface area contributed by atoms with Gasteiger partial charge in [-0.05, 0) is 31.0 Å². The molecular formula is C15H19N3O2. The zero-order valence-corrected chi connectivity index (χ0v) is 11.8. The molecule has 5 nitrogen and oxygen atoms in total. The van der Waals surface area contributed by atoms with E-state index in [0.29, 0.717) is 6.54 Å². The van der Waals surface area contributed by atoms with Gasteiger partial charge in [0.1, 0.15) is 5.75 Å². The maximum atomic E-state index is 11.7. The van der Waals surface area contributed by atoms with Crippen LogP contribution in [0.3, 0.4) is 0 Å². The van der Waals surface area contributed by atoms with E-state index in [1.165, 1.54) is 0 Å². The Morgan fingerprint density at radius 3 is 3.00 bits per heavy atom. The number of aromatic amines is 1. The van der Waals surface area contributed by atoms with Gasteiger partial charge in [0.25, 0.3) is 5.91 Å². The SMILES string of the molecule is Cc1ccc(C)c(OCC(=O)NCCc2cnc[nH]2)c1. The van der Waals surface area contributed by atoms with Crippen molar-refractivity contribution in [1.82, 2.24) is 15.3 Å². The number of aryl methyl sites for hydroxylation is 2. The van der Waals surface area contributed by atoms with E-state index in [2.05, 4.69) is 15.3 Å². The molecule has 0 spiro atoms. The first kappa shape index (κ1) is 14.1. The van der Waals surface area contributed by atoms with E-state index in [1.807, 2.05) is 32.0 Å². The Balaban J connectivity index is 1.73. The Labute approximate surface area is 118 Å². The average Bonchev–Trinajstić information content (AvgIpc) is 2.93. The number of rotatable bonds is 6. The number of amides is 1. The Morgan fingerprint density at radius 1 is 1.40 bits per heavy atom. The summed E-state index contributed by atoms with van der Waals surface area (Å²) in [5, 5.41) is 2.81. The lowest BCUT2D eigenvalue weighted by Crippen LogP contribution is -2.30. The molecule has 0 atom stereocenters. The Kier molecular flexibility index (Phi) is 4.76. The minimum Gasteiger partial charge on any atom is -0.483 e. The van der Waals surface area contributed by atoms with Crippen LogP contribution in [0.15, 0.2) is 30.7 Å². The van der Waals surface area contributed by atoms with E-state index in [9.17, 15) is 4.79 Å². The molecule has 20 heavy (non-hydrogen) atoms. The van der Waals surface area contributed by atoms with E-state index in [1.54, 1.807) is 12.5 Å². The molecule has 5 heteroatoms. The predicted octanol–water partition coefficient (Wildman–Crippen LogP) is 1.76. The summed E-state index contributed by atoms with van der Waals surface area (Å²) in [5.41, 5.74) is 3.15. The standard InChI is InChI=1S/C15H19N3O2/c1-11-3-4-12(2)14(7-11)20-9-15(19)17-6-5-13-8-16-10-18-13/h3-4,7-8,10H,5-6,9H2,1-2H3,(H,16,18)(H,17,19). The fourth-order valence-electron chi connectivity index (χ4n) is 1.82. The largest absolute Gasteiger partial charge is 0.483 e. The highest BCUT2D eigenvalue weighted by atomic mass is 16.5. The molecule has 1 aromatic carbocycles. The van der Waals surface area contributed by atoms with Crippen LogP contribution in [0.5, 0.6) is 5.75 Å². The van der Waals surface area contributed by atoms with Crippen molar-refractivity contribution in [3.63, 3.8) is 0 Å². The van der Waals surface area contributed by atoms with Gasteiger partial charge in [-0.3, -0.25) is 4.79 Å². The summed E-state index contributed by atoms with van der Waals surface area (Å²) in [6, 6.07) is 5.95. The highest BCUT2D eigenvalue weighted by molar-refractivity contribution is 5.77. The summed E-state index contributed by atoms with van der Waals surface area (Å²) in [6.07, 6.45) is 4.11. The van der Waals surface area contributed by atoms with Gasteiger partial charge in [-0.1, -0.05) is 12.1 Å². The van der Waals surface area contributed by atoms with Crippen molar-refractivity contribution in [1.29, 1.82) is 0 Å². The molecule has 1 aromatic heterocycles. The monoisotopic (exact) mass is 273 g/mol. The third-order valence-corrected chi connectivity index (χ3v) is 2.97. The van der Waals surface area contributed by atoms with Crippen LogP contribution in [-0.2, 0) is 11.2 Å². The maximum absolute atomic E-state index is 11.7. The van der Waals surface area contributed by atoms with Crippen molar-refractivity contribution in [3.05, 3.63) is 47.5 Å². The van der Waals surface area contributed by atoms with E-state index >= 15 is 0 Å². The number of H-pyrrole nitrogens is 1. The quantitative estimate of drug-likeness (QED) is 0.843. The number of hydrogen-bond acceptors (Lipinski definition) is 3. The fourth-order valence-corrected chi connectivity index (χ4v) is 1.82. The van der Waals surface area contributed by atoms with E-state index < -0.39 is 0 Å². The van der Waals surface area contributed by atoms with Crippen LogP contribution in [0.25, 0.3) is 0 Å². The van der Waals surface area contributed by atoms with Crippen molar-refractivity contribution in [3.8, 4) is 5.75 Å². The molecule has 0 fully saturated rings. The normalized spacial score (nSPS) is 10.3. The second-order valence-corrected chi connectivity index (χ2v) is 4.73. The Morgan fingerprint density at radius 2 is 2.25 bits per heavy atom. The topological polar surface area (TPSA) is 67.0 Å². The lowest BCUT2D eigenvalue weighted by molar-refractivity contribution is -0.123. The van der Waals surface area contributed by atoms with Crippen LogP contribution in [0.2, 0.25) is 0 Å².